The van der Waals surface area contributed by atoms with Crippen LogP contribution in [0.15, 0.2) is 58.8 Å². The minimum atomic E-state index is -4.52. The molecule has 0 radical (unpaired) electrons. The summed E-state index contributed by atoms with van der Waals surface area (Å²) in [5.74, 6) is -0.844. The molecule has 1 unspecified atom stereocenters. The van der Waals surface area contributed by atoms with Gasteiger partial charge in [-0.2, -0.15) is 23.4 Å². The number of hydrogen-bond donors (Lipinski definition) is 3. The number of rotatable bonds is 5. The first-order valence-electron chi connectivity index (χ1n) is 7.60. The number of amides is 1. The summed E-state index contributed by atoms with van der Waals surface area (Å²) in [6, 6.07) is 8.54. The highest BCUT2D eigenvalue weighted by Gasteiger charge is 2.31. The third-order valence-corrected chi connectivity index (χ3v) is 3.73. The number of hydrogen-bond acceptors (Lipinski definition) is 5. The molecule has 2 rings (SSSR count). The molecule has 1 amide bonds. The maximum atomic E-state index is 12.7. The van der Waals surface area contributed by atoms with Crippen LogP contribution >= 0.6 is 23.8 Å². The lowest BCUT2D eigenvalue weighted by atomic mass is 10.0. The average Bonchev–Trinajstić information content (AvgIpc) is 2.60. The molecule has 4 N–H and O–H groups in total. The van der Waals surface area contributed by atoms with Crippen molar-refractivity contribution in [1.82, 2.24) is 5.32 Å². The van der Waals surface area contributed by atoms with Gasteiger partial charge in [-0.1, -0.05) is 29.8 Å². The number of nitrogens with zero attached hydrogens (tertiary/aromatic N) is 2. The first-order chi connectivity index (χ1) is 13.1. The Morgan fingerprint density at radius 2 is 1.86 bits per heavy atom. The van der Waals surface area contributed by atoms with Gasteiger partial charge in [0, 0.05) is 5.02 Å². The van der Waals surface area contributed by atoms with Gasteiger partial charge in [0.25, 0.3) is 5.91 Å². The summed E-state index contributed by atoms with van der Waals surface area (Å²) in [6.07, 6.45) is -4.52. The number of benzene rings is 2. The molecule has 0 aliphatic rings. The maximum absolute atomic E-state index is 12.7. The second kappa shape index (κ2) is 8.89. The zero-order chi connectivity index (χ0) is 20.9. The Hall–Kier alpha value is -2.85. The van der Waals surface area contributed by atoms with E-state index in [4.69, 9.17) is 22.7 Å². The van der Waals surface area contributed by atoms with Crippen LogP contribution in [0.2, 0.25) is 5.02 Å². The smallest absolute Gasteiger partial charge is 0.376 e. The molecule has 0 saturated heterocycles. The number of carbonyl (C=O) groups is 1. The summed E-state index contributed by atoms with van der Waals surface area (Å²) in [5, 5.41) is 18.1. The fourth-order valence-corrected chi connectivity index (χ4v) is 2.38. The molecule has 0 bridgehead atoms. The lowest BCUT2D eigenvalue weighted by Gasteiger charge is -2.14. The Balaban J connectivity index is 2.33. The fraction of sp³-hybridized carbons (Fsp3) is 0.118. The van der Waals surface area contributed by atoms with Gasteiger partial charge in [0.05, 0.1) is 17.0 Å². The molecule has 0 aliphatic heterocycles. The molecule has 2 aromatic rings. The summed E-state index contributed by atoms with van der Waals surface area (Å²) < 4.78 is 38.1. The van der Waals surface area contributed by atoms with Gasteiger partial charge in [-0.05, 0) is 48.1 Å². The van der Waals surface area contributed by atoms with E-state index >= 15 is 0 Å². The van der Waals surface area contributed by atoms with E-state index in [1.807, 2.05) is 0 Å². The highest BCUT2D eigenvalue weighted by Crippen LogP contribution is 2.29. The van der Waals surface area contributed by atoms with E-state index in [0.717, 1.165) is 24.3 Å². The fourth-order valence-electron chi connectivity index (χ4n) is 2.09. The molecule has 2 aromatic carbocycles. The Morgan fingerprint density at radius 3 is 2.39 bits per heavy atom. The Kier molecular flexibility index (Phi) is 6.81. The first kappa shape index (κ1) is 21.5. The topological polar surface area (TPSA) is 104 Å². The number of alkyl halides is 3. The van der Waals surface area contributed by atoms with Gasteiger partial charge in [-0.15, -0.1) is 0 Å². The Morgan fingerprint density at radius 1 is 1.21 bits per heavy atom. The van der Waals surface area contributed by atoms with Crippen molar-refractivity contribution in [2.45, 2.75) is 12.2 Å². The van der Waals surface area contributed by atoms with E-state index in [-0.39, 0.29) is 16.4 Å². The van der Waals surface area contributed by atoms with Crippen molar-refractivity contribution >= 4 is 46.2 Å². The van der Waals surface area contributed by atoms with Crippen molar-refractivity contribution in [1.29, 1.82) is 5.41 Å². The lowest BCUT2D eigenvalue weighted by molar-refractivity contribution is -0.137. The van der Waals surface area contributed by atoms with Gasteiger partial charge < -0.3 is 16.5 Å². The van der Waals surface area contributed by atoms with Crippen molar-refractivity contribution in [2.75, 3.05) is 0 Å². The molecule has 0 heterocycles. The van der Waals surface area contributed by atoms with Crippen molar-refractivity contribution < 1.29 is 18.0 Å². The van der Waals surface area contributed by atoms with E-state index in [2.05, 4.69) is 27.8 Å². The second-order valence-corrected chi connectivity index (χ2v) is 6.32. The lowest BCUT2D eigenvalue weighted by Crippen LogP contribution is -2.44. The van der Waals surface area contributed by atoms with Gasteiger partial charge in [-0.25, -0.2) is 0 Å². The molecule has 146 valence electrons. The quantitative estimate of drug-likeness (QED) is 0.377. The number of azo groups is 1. The minimum Gasteiger partial charge on any atom is -0.376 e. The molecular formula is C17H13ClF3N5OS. The van der Waals surface area contributed by atoms with Gasteiger partial charge >= 0.3 is 6.18 Å². The zero-order valence-electron chi connectivity index (χ0n) is 14.0. The van der Waals surface area contributed by atoms with E-state index in [1.54, 1.807) is 18.2 Å². The molecule has 11 heteroatoms. The number of carbonyl (C=O) groups excluding carboxylic acids is 1. The summed E-state index contributed by atoms with van der Waals surface area (Å²) >= 11 is 10.5. The second-order valence-electron chi connectivity index (χ2n) is 5.44. The van der Waals surface area contributed by atoms with Crippen LogP contribution < -0.4 is 11.1 Å². The first-order valence-corrected chi connectivity index (χ1v) is 8.39. The maximum Gasteiger partial charge on any atom is 0.416 e. The van der Waals surface area contributed by atoms with Crippen LogP contribution in [0.3, 0.4) is 0 Å². The molecule has 28 heavy (non-hydrogen) atoms. The normalized spacial score (nSPS) is 12.6. The monoisotopic (exact) mass is 427 g/mol. The van der Waals surface area contributed by atoms with E-state index < -0.39 is 23.7 Å². The van der Waals surface area contributed by atoms with Gasteiger partial charge in [-0.3, -0.25) is 4.79 Å². The van der Waals surface area contributed by atoms with Gasteiger partial charge in [0.15, 0.2) is 11.2 Å². The number of thiocarbonyl (C=S) groups is 1. The van der Waals surface area contributed by atoms with Gasteiger partial charge in [0.1, 0.15) is 0 Å². The van der Waals surface area contributed by atoms with E-state index in [0.29, 0.717) is 10.7 Å². The van der Waals surface area contributed by atoms with Gasteiger partial charge in [0.2, 0.25) is 0 Å². The molecule has 0 fully saturated rings. The van der Waals surface area contributed by atoms with Crippen molar-refractivity contribution in [3.63, 3.8) is 0 Å². The van der Waals surface area contributed by atoms with Crippen LogP contribution in [0.25, 0.3) is 0 Å². The molecule has 1 atom stereocenters. The largest absolute Gasteiger partial charge is 0.416 e. The van der Waals surface area contributed by atoms with Crippen LogP contribution in [0, 0.1) is 5.41 Å². The molecule has 0 aliphatic carbocycles. The van der Waals surface area contributed by atoms with E-state index in [9.17, 15) is 18.0 Å². The highest BCUT2D eigenvalue weighted by atomic mass is 35.5. The number of nitrogens with one attached hydrogen (secondary N) is 2. The summed E-state index contributed by atoms with van der Waals surface area (Å²) in [6.45, 7) is 0. The summed E-state index contributed by atoms with van der Waals surface area (Å²) in [7, 11) is 0. The van der Waals surface area contributed by atoms with Crippen molar-refractivity contribution in [3.8, 4) is 0 Å². The number of nitrogens with two attached hydrogens (primary N) is 1. The summed E-state index contributed by atoms with van der Waals surface area (Å²) in [5.41, 5.74) is 4.39. The van der Waals surface area contributed by atoms with Crippen LogP contribution in [-0.4, -0.2) is 22.8 Å². The molecular weight excluding hydrogens is 415 g/mol. The zero-order valence-corrected chi connectivity index (χ0v) is 15.6. The minimum absolute atomic E-state index is 0.0566. The van der Waals surface area contributed by atoms with Crippen LogP contribution in [-0.2, 0) is 11.0 Å². The Labute approximate surface area is 168 Å². The Bertz CT molecular complexity index is 931. The van der Waals surface area contributed by atoms with Crippen molar-refractivity contribution in [3.05, 3.63) is 64.7 Å². The highest BCUT2D eigenvalue weighted by molar-refractivity contribution is 7.80. The summed E-state index contributed by atoms with van der Waals surface area (Å²) in [4.78, 5) is 12.3. The van der Waals surface area contributed by atoms with Crippen molar-refractivity contribution in [2.24, 2.45) is 16.0 Å². The number of halogens is 4. The third kappa shape index (κ3) is 5.83. The molecule has 0 aromatic heterocycles. The predicted octanol–water partition coefficient (Wildman–Crippen LogP) is 4.24. The predicted molar refractivity (Wildman–Crippen MR) is 103 cm³/mol. The standard InChI is InChI=1S/C17H13ClF3N5OS/c18-11-2-1-3-12(8-11)25-26-14(15(27)24-16(23)28)13(22)9-4-6-10(7-5-9)17(19,20)21/h1-8,14,22H,(H3,23,24,27,28). The average molecular weight is 428 g/mol. The SMILES string of the molecule is N=C(c1ccc(C(F)(F)F)cc1)C(N=Nc1cccc(Cl)c1)C(=O)NC(N)=S. The molecule has 6 nitrogen and oxygen atoms in total. The van der Waals surface area contributed by atoms with Crippen LogP contribution in [0.5, 0.6) is 0 Å². The van der Waals surface area contributed by atoms with Crippen LogP contribution in [0.1, 0.15) is 11.1 Å². The molecule has 0 spiro atoms. The van der Waals surface area contributed by atoms with E-state index in [1.165, 1.54) is 6.07 Å². The third-order valence-electron chi connectivity index (χ3n) is 3.39. The van der Waals surface area contributed by atoms with Crippen LogP contribution in [0.4, 0.5) is 18.9 Å². The molecule has 0 saturated carbocycles.